The van der Waals surface area contributed by atoms with Crippen molar-refractivity contribution in [2.45, 2.75) is 76.5 Å². The monoisotopic (exact) mass is 371 g/mol. The lowest BCUT2D eigenvalue weighted by atomic mass is 9.46. The van der Waals surface area contributed by atoms with E-state index in [1.807, 2.05) is 30.3 Å². The van der Waals surface area contributed by atoms with Crippen molar-refractivity contribution in [2.24, 2.45) is 17.3 Å². The predicted molar refractivity (Wildman–Crippen MR) is 105 cm³/mol. The highest BCUT2D eigenvalue weighted by atomic mass is 16.5. The zero-order valence-electron chi connectivity index (χ0n) is 16.5. The fourth-order valence-corrected chi connectivity index (χ4v) is 6.36. The first-order valence-electron chi connectivity index (χ1n) is 10.6. The van der Waals surface area contributed by atoms with Crippen LogP contribution in [0.3, 0.4) is 0 Å². The van der Waals surface area contributed by atoms with Gasteiger partial charge < -0.3 is 15.2 Å². The van der Waals surface area contributed by atoms with Crippen LogP contribution in [0.1, 0.15) is 63.9 Å². The molecule has 4 bridgehead atoms. The van der Waals surface area contributed by atoms with Crippen LogP contribution in [0.2, 0.25) is 0 Å². The van der Waals surface area contributed by atoms with Gasteiger partial charge in [0.2, 0.25) is 5.91 Å². The number of benzene rings is 1. The molecule has 27 heavy (non-hydrogen) atoms. The summed E-state index contributed by atoms with van der Waals surface area (Å²) in [5, 5.41) is 14.2. The van der Waals surface area contributed by atoms with Gasteiger partial charge in [-0.05, 0) is 74.7 Å². The van der Waals surface area contributed by atoms with E-state index >= 15 is 0 Å². The molecule has 0 heterocycles. The van der Waals surface area contributed by atoms with Gasteiger partial charge in [0.1, 0.15) is 0 Å². The predicted octanol–water partition coefficient (Wildman–Crippen LogP) is 3.82. The minimum Gasteiger partial charge on any atom is -0.390 e. The molecular formula is C23H33NO3. The van der Waals surface area contributed by atoms with Gasteiger partial charge in [0.15, 0.2) is 0 Å². The number of nitrogens with one attached hydrogen (secondary N) is 1. The van der Waals surface area contributed by atoms with Crippen molar-refractivity contribution >= 4 is 5.91 Å². The maximum Gasteiger partial charge on any atom is 0.220 e. The lowest BCUT2D eigenvalue weighted by Gasteiger charge is -2.62. The van der Waals surface area contributed by atoms with Crippen molar-refractivity contribution < 1.29 is 14.6 Å². The van der Waals surface area contributed by atoms with Crippen molar-refractivity contribution in [1.82, 2.24) is 5.32 Å². The molecule has 148 valence electrons. The molecule has 4 aliphatic rings. The van der Waals surface area contributed by atoms with Crippen LogP contribution in [-0.4, -0.2) is 29.3 Å². The standard InChI is InChI=1S/C23H33NO3/c1-17(22-11-19-10-20(12-22)14-23(26,13-19)16-22)24-21(25)8-5-9-27-15-18-6-3-2-4-7-18/h2-4,6-7,17,19-20,26H,5,8-16H2,1H3,(H,24,25). The lowest BCUT2D eigenvalue weighted by molar-refractivity contribution is -0.173. The summed E-state index contributed by atoms with van der Waals surface area (Å²) >= 11 is 0. The Labute approximate surface area is 162 Å². The van der Waals surface area contributed by atoms with E-state index in [1.165, 1.54) is 19.3 Å². The lowest BCUT2D eigenvalue weighted by Crippen LogP contribution is -2.61. The van der Waals surface area contributed by atoms with E-state index in [4.69, 9.17) is 4.74 Å². The number of carbonyl (C=O) groups is 1. The van der Waals surface area contributed by atoms with Crippen molar-refractivity contribution in [3.8, 4) is 0 Å². The molecule has 4 fully saturated rings. The first-order valence-corrected chi connectivity index (χ1v) is 10.6. The van der Waals surface area contributed by atoms with Gasteiger partial charge in [-0.15, -0.1) is 0 Å². The van der Waals surface area contributed by atoms with Crippen molar-refractivity contribution in [1.29, 1.82) is 0 Å². The van der Waals surface area contributed by atoms with Gasteiger partial charge in [-0.1, -0.05) is 30.3 Å². The second-order valence-corrected chi connectivity index (χ2v) is 9.48. The highest BCUT2D eigenvalue weighted by Crippen LogP contribution is 2.62. The fourth-order valence-electron chi connectivity index (χ4n) is 6.36. The smallest absolute Gasteiger partial charge is 0.220 e. The number of carbonyl (C=O) groups excluding carboxylic acids is 1. The Morgan fingerprint density at radius 3 is 2.59 bits per heavy atom. The molecule has 1 amide bonds. The van der Waals surface area contributed by atoms with E-state index in [2.05, 4.69) is 12.2 Å². The molecule has 1 aromatic carbocycles. The largest absolute Gasteiger partial charge is 0.390 e. The van der Waals surface area contributed by atoms with E-state index in [1.54, 1.807) is 0 Å². The summed E-state index contributed by atoms with van der Waals surface area (Å²) in [7, 11) is 0. The maximum absolute atomic E-state index is 12.4. The summed E-state index contributed by atoms with van der Waals surface area (Å²) in [6, 6.07) is 10.3. The van der Waals surface area contributed by atoms with Gasteiger partial charge in [-0.2, -0.15) is 0 Å². The van der Waals surface area contributed by atoms with Crippen LogP contribution < -0.4 is 5.32 Å². The molecule has 3 atom stereocenters. The van der Waals surface area contributed by atoms with Crippen LogP contribution in [0.5, 0.6) is 0 Å². The molecule has 0 saturated heterocycles. The minimum atomic E-state index is -0.464. The van der Waals surface area contributed by atoms with E-state index < -0.39 is 5.60 Å². The van der Waals surface area contributed by atoms with Crippen LogP contribution in [0.4, 0.5) is 0 Å². The number of hydrogen-bond donors (Lipinski definition) is 2. The Morgan fingerprint density at radius 2 is 1.93 bits per heavy atom. The summed E-state index contributed by atoms with van der Waals surface area (Å²) in [6.45, 7) is 3.36. The molecular weight excluding hydrogens is 338 g/mol. The average molecular weight is 372 g/mol. The third-order valence-electron chi connectivity index (χ3n) is 7.18. The van der Waals surface area contributed by atoms with E-state index in [9.17, 15) is 9.90 Å². The summed E-state index contributed by atoms with van der Waals surface area (Å²) in [5.41, 5.74) is 0.808. The van der Waals surface area contributed by atoms with Crippen LogP contribution in [0, 0.1) is 17.3 Å². The molecule has 4 saturated carbocycles. The van der Waals surface area contributed by atoms with E-state index in [0.717, 1.165) is 31.2 Å². The third-order valence-corrected chi connectivity index (χ3v) is 7.18. The van der Waals surface area contributed by atoms with Crippen LogP contribution in [0.15, 0.2) is 30.3 Å². The topological polar surface area (TPSA) is 58.6 Å². The van der Waals surface area contributed by atoms with Crippen LogP contribution >= 0.6 is 0 Å². The van der Waals surface area contributed by atoms with Gasteiger partial charge in [0.25, 0.3) is 0 Å². The zero-order valence-corrected chi connectivity index (χ0v) is 16.5. The Morgan fingerprint density at radius 1 is 1.22 bits per heavy atom. The summed E-state index contributed by atoms with van der Waals surface area (Å²) < 4.78 is 5.68. The summed E-state index contributed by atoms with van der Waals surface area (Å²) in [6.07, 6.45) is 7.70. The molecule has 0 radical (unpaired) electrons. The third kappa shape index (κ3) is 4.22. The SMILES string of the molecule is CC(NC(=O)CCCOCc1ccccc1)C12CC3CC(CC(O)(C3)C1)C2. The summed E-state index contributed by atoms with van der Waals surface area (Å²) in [4.78, 5) is 12.4. The molecule has 1 aromatic rings. The quantitative estimate of drug-likeness (QED) is 0.683. The molecule has 4 aliphatic carbocycles. The summed E-state index contributed by atoms with van der Waals surface area (Å²) in [5.74, 6) is 1.43. The molecule has 4 heteroatoms. The Balaban J connectivity index is 1.20. The molecule has 2 N–H and O–H groups in total. The number of rotatable bonds is 8. The van der Waals surface area contributed by atoms with E-state index in [0.29, 0.717) is 31.5 Å². The minimum absolute atomic E-state index is 0.109. The second-order valence-electron chi connectivity index (χ2n) is 9.48. The highest BCUT2D eigenvalue weighted by Gasteiger charge is 2.58. The van der Waals surface area contributed by atoms with Crippen LogP contribution in [0.25, 0.3) is 0 Å². The Bertz CT molecular complexity index is 645. The maximum atomic E-state index is 12.4. The number of hydrogen-bond acceptors (Lipinski definition) is 3. The molecule has 4 nitrogen and oxygen atoms in total. The van der Waals surface area contributed by atoms with Crippen molar-refractivity contribution in [2.75, 3.05) is 6.61 Å². The molecule has 0 aromatic heterocycles. The van der Waals surface area contributed by atoms with Gasteiger partial charge in [-0.3, -0.25) is 4.79 Å². The second kappa shape index (κ2) is 7.56. The molecule has 0 spiro atoms. The number of ether oxygens (including phenoxy) is 1. The van der Waals surface area contributed by atoms with Gasteiger partial charge in [0, 0.05) is 19.1 Å². The van der Waals surface area contributed by atoms with E-state index in [-0.39, 0.29) is 17.4 Å². The fraction of sp³-hybridized carbons (Fsp3) is 0.696. The first-order chi connectivity index (χ1) is 13.0. The zero-order chi connectivity index (χ0) is 18.9. The van der Waals surface area contributed by atoms with Gasteiger partial charge in [0.05, 0.1) is 12.2 Å². The first kappa shape index (κ1) is 18.9. The Hall–Kier alpha value is -1.39. The normalized spacial score (nSPS) is 35.2. The number of amides is 1. The Kier molecular flexibility index (Phi) is 5.30. The average Bonchev–Trinajstić information content (AvgIpc) is 2.60. The van der Waals surface area contributed by atoms with Crippen molar-refractivity contribution in [3.05, 3.63) is 35.9 Å². The van der Waals surface area contributed by atoms with Crippen LogP contribution in [-0.2, 0) is 16.1 Å². The van der Waals surface area contributed by atoms with Crippen molar-refractivity contribution in [3.63, 3.8) is 0 Å². The molecule has 5 rings (SSSR count). The number of aliphatic hydroxyl groups is 1. The molecule has 0 aliphatic heterocycles. The van der Waals surface area contributed by atoms with Gasteiger partial charge in [-0.25, -0.2) is 0 Å². The molecule has 3 unspecified atom stereocenters. The van der Waals surface area contributed by atoms with Gasteiger partial charge >= 0.3 is 0 Å². The highest BCUT2D eigenvalue weighted by molar-refractivity contribution is 5.76.